The summed E-state index contributed by atoms with van der Waals surface area (Å²) >= 11 is 0. The fourth-order valence-electron chi connectivity index (χ4n) is 3.95. The fourth-order valence-corrected chi connectivity index (χ4v) is 3.95. The van der Waals surface area contributed by atoms with Crippen molar-refractivity contribution >= 4 is 34.9 Å². The van der Waals surface area contributed by atoms with Gasteiger partial charge in [0.15, 0.2) is 0 Å². The van der Waals surface area contributed by atoms with Crippen LogP contribution in [0.4, 0.5) is 45.5 Å². The van der Waals surface area contributed by atoms with E-state index in [1.165, 1.54) is 30.3 Å². The van der Waals surface area contributed by atoms with E-state index in [0.717, 1.165) is 17.2 Å². The lowest BCUT2D eigenvalue weighted by molar-refractivity contribution is -0.137. The Hall–Kier alpha value is -5.44. The van der Waals surface area contributed by atoms with Crippen LogP contribution in [0.1, 0.15) is 5.56 Å². The van der Waals surface area contributed by atoms with Crippen LogP contribution in [0.15, 0.2) is 79.1 Å². The molecule has 1 atom stereocenters. The molecular formula is C26H22F3N7O5. The number of carbonyl (C=O) groups excluding carboxylic acids is 2. The zero-order valence-electron chi connectivity index (χ0n) is 21.1. The van der Waals surface area contributed by atoms with Gasteiger partial charge in [0.25, 0.3) is 0 Å². The number of carbonyl (C=O) groups is 2. The second kappa shape index (κ2) is 11.0. The third-order valence-electron chi connectivity index (χ3n) is 5.86. The quantitative estimate of drug-likeness (QED) is 0.202. The van der Waals surface area contributed by atoms with Gasteiger partial charge in [-0.1, -0.05) is 0 Å². The van der Waals surface area contributed by atoms with E-state index in [0.29, 0.717) is 28.6 Å². The molecule has 0 fully saturated rings. The fraction of sp³-hybridized carbons (Fsp3) is 0.115. The molecule has 3 amide bonds. The third-order valence-corrected chi connectivity index (χ3v) is 5.86. The Morgan fingerprint density at radius 2 is 1.76 bits per heavy atom. The molecule has 0 spiro atoms. The van der Waals surface area contributed by atoms with Crippen molar-refractivity contribution in [3.8, 4) is 17.2 Å². The van der Waals surface area contributed by atoms with Gasteiger partial charge in [-0.05, 0) is 60.7 Å². The standard InChI is InChI=1S/C26H22F3N7O5/c1-40-25(38)34-23-32-19-9-8-18(14-22(19)36(23)39)41-17-6-4-16(5-7-17)31-24(37)33-20-13-15(26(27,28)29)3-10-21(20)35-12-2-11-30-35/h2-14,23,32,39H,1H3,(H,34,38)(H2,31,33,37). The molecule has 3 aromatic carbocycles. The number of fused-ring (bicyclic) bond motifs is 1. The minimum atomic E-state index is -4.60. The second-order valence-corrected chi connectivity index (χ2v) is 8.59. The molecule has 5 N–H and O–H groups in total. The number of nitrogens with zero attached hydrogens (tertiary/aromatic N) is 3. The van der Waals surface area contributed by atoms with Gasteiger partial charge in [0.05, 0.1) is 35.4 Å². The van der Waals surface area contributed by atoms with Gasteiger partial charge in [0.2, 0.25) is 6.29 Å². The number of ether oxygens (including phenoxy) is 2. The molecule has 41 heavy (non-hydrogen) atoms. The van der Waals surface area contributed by atoms with Crippen LogP contribution in [0, 0.1) is 0 Å². The molecule has 0 saturated heterocycles. The van der Waals surface area contributed by atoms with E-state index in [4.69, 9.17) is 4.74 Å². The van der Waals surface area contributed by atoms with Crippen LogP contribution in [0.3, 0.4) is 0 Å². The Labute approximate surface area is 230 Å². The molecule has 0 radical (unpaired) electrons. The molecule has 212 valence electrons. The number of alkyl carbamates (subject to hydrolysis) is 1. The first kappa shape index (κ1) is 27.1. The zero-order chi connectivity index (χ0) is 29.1. The molecule has 0 aliphatic carbocycles. The van der Waals surface area contributed by atoms with E-state index in [1.807, 2.05) is 0 Å². The van der Waals surface area contributed by atoms with E-state index in [1.54, 1.807) is 48.5 Å². The van der Waals surface area contributed by atoms with Crippen molar-refractivity contribution in [1.82, 2.24) is 15.1 Å². The Morgan fingerprint density at radius 3 is 2.44 bits per heavy atom. The van der Waals surface area contributed by atoms with Crippen molar-refractivity contribution in [3.05, 3.63) is 84.7 Å². The van der Waals surface area contributed by atoms with Crippen molar-refractivity contribution in [2.75, 3.05) is 28.1 Å². The Morgan fingerprint density at radius 1 is 1.00 bits per heavy atom. The monoisotopic (exact) mass is 569 g/mol. The first-order valence-corrected chi connectivity index (χ1v) is 11.9. The van der Waals surface area contributed by atoms with E-state index in [9.17, 15) is 28.0 Å². The molecule has 1 unspecified atom stereocenters. The first-order valence-electron chi connectivity index (χ1n) is 11.9. The van der Waals surface area contributed by atoms with Crippen molar-refractivity contribution in [2.24, 2.45) is 0 Å². The molecule has 2 heterocycles. The summed E-state index contributed by atoms with van der Waals surface area (Å²) in [6, 6.07) is 14.9. The van der Waals surface area contributed by atoms with E-state index < -0.39 is 30.2 Å². The highest BCUT2D eigenvalue weighted by molar-refractivity contribution is 6.01. The van der Waals surface area contributed by atoms with Gasteiger partial charge in [-0.25, -0.2) is 19.3 Å². The molecule has 1 aromatic heterocycles. The van der Waals surface area contributed by atoms with Crippen LogP contribution in [-0.2, 0) is 10.9 Å². The average Bonchev–Trinajstić information content (AvgIpc) is 3.58. The largest absolute Gasteiger partial charge is 0.457 e. The van der Waals surface area contributed by atoms with Crippen LogP contribution < -0.4 is 31.1 Å². The van der Waals surface area contributed by atoms with Crippen LogP contribution in [-0.4, -0.2) is 40.5 Å². The van der Waals surface area contributed by atoms with Gasteiger partial charge in [0, 0.05) is 24.1 Å². The molecule has 15 heteroatoms. The lowest BCUT2D eigenvalue weighted by Crippen LogP contribution is -2.48. The van der Waals surface area contributed by atoms with Gasteiger partial charge in [-0.2, -0.15) is 18.3 Å². The minimum absolute atomic E-state index is 0.0889. The maximum atomic E-state index is 13.3. The van der Waals surface area contributed by atoms with Gasteiger partial charge in [0.1, 0.15) is 11.5 Å². The van der Waals surface area contributed by atoms with Gasteiger partial charge in [-0.15, -0.1) is 0 Å². The van der Waals surface area contributed by atoms with E-state index in [2.05, 4.69) is 31.1 Å². The Balaban J connectivity index is 1.24. The number of halogens is 3. The maximum Gasteiger partial charge on any atom is 0.416 e. The normalized spacial score (nSPS) is 14.1. The van der Waals surface area contributed by atoms with Crippen LogP contribution in [0.25, 0.3) is 5.69 Å². The van der Waals surface area contributed by atoms with Crippen molar-refractivity contribution in [1.29, 1.82) is 0 Å². The number of hydrogen-bond acceptors (Lipinski definition) is 8. The number of methoxy groups -OCH3 is 1. The van der Waals surface area contributed by atoms with Crippen molar-refractivity contribution in [2.45, 2.75) is 12.5 Å². The van der Waals surface area contributed by atoms with Gasteiger partial charge >= 0.3 is 18.3 Å². The van der Waals surface area contributed by atoms with Gasteiger partial charge < -0.3 is 25.4 Å². The minimum Gasteiger partial charge on any atom is -0.457 e. The van der Waals surface area contributed by atoms with Crippen LogP contribution in [0.2, 0.25) is 0 Å². The SMILES string of the molecule is COC(=O)NC1Nc2ccc(Oc3ccc(NC(=O)Nc4cc(C(F)(F)F)ccc4-n4cccn4)cc3)cc2N1O. The number of aromatic nitrogens is 2. The molecule has 1 aliphatic heterocycles. The lowest BCUT2D eigenvalue weighted by Gasteiger charge is -2.20. The predicted octanol–water partition coefficient (Wildman–Crippen LogP) is 5.59. The number of rotatable bonds is 6. The number of anilines is 4. The molecule has 0 saturated carbocycles. The highest BCUT2D eigenvalue weighted by atomic mass is 19.4. The summed E-state index contributed by atoms with van der Waals surface area (Å²) in [5, 5.41) is 25.5. The Kier molecular flexibility index (Phi) is 7.26. The van der Waals surface area contributed by atoms with Crippen LogP contribution in [0.5, 0.6) is 11.5 Å². The molecule has 4 aromatic rings. The number of hydroxylamine groups is 1. The highest BCUT2D eigenvalue weighted by Gasteiger charge is 2.32. The summed E-state index contributed by atoms with van der Waals surface area (Å²) in [7, 11) is 1.20. The topological polar surface area (TPSA) is 142 Å². The highest BCUT2D eigenvalue weighted by Crippen LogP contribution is 2.37. The number of alkyl halides is 3. The van der Waals surface area contributed by atoms with Crippen molar-refractivity contribution < 1.29 is 37.4 Å². The van der Waals surface area contributed by atoms with Crippen LogP contribution >= 0.6 is 0 Å². The first-order chi connectivity index (χ1) is 19.6. The summed E-state index contributed by atoms with van der Waals surface area (Å²) in [6.07, 6.45) is -3.27. The molecule has 5 rings (SSSR count). The molecule has 0 bridgehead atoms. The summed E-state index contributed by atoms with van der Waals surface area (Å²) in [6.45, 7) is 0. The number of hydrogen-bond donors (Lipinski definition) is 5. The average molecular weight is 570 g/mol. The number of nitrogens with one attached hydrogen (secondary N) is 4. The molecular weight excluding hydrogens is 547 g/mol. The summed E-state index contributed by atoms with van der Waals surface area (Å²) in [4.78, 5) is 24.1. The molecule has 1 aliphatic rings. The third kappa shape index (κ3) is 6.09. The predicted molar refractivity (Wildman–Crippen MR) is 141 cm³/mol. The lowest BCUT2D eigenvalue weighted by atomic mass is 10.1. The van der Waals surface area contributed by atoms with Crippen molar-refractivity contribution in [3.63, 3.8) is 0 Å². The molecule has 12 nitrogen and oxygen atoms in total. The second-order valence-electron chi connectivity index (χ2n) is 8.59. The number of amides is 3. The Bertz CT molecular complexity index is 1560. The number of urea groups is 1. The van der Waals surface area contributed by atoms with E-state index in [-0.39, 0.29) is 11.4 Å². The van der Waals surface area contributed by atoms with E-state index >= 15 is 0 Å². The summed E-state index contributed by atoms with van der Waals surface area (Å²) in [5.41, 5.74) is 0.478. The summed E-state index contributed by atoms with van der Waals surface area (Å²) < 4.78 is 51.5. The maximum absolute atomic E-state index is 13.3. The summed E-state index contributed by atoms with van der Waals surface area (Å²) in [5.74, 6) is 0.770. The zero-order valence-corrected chi connectivity index (χ0v) is 21.1. The smallest absolute Gasteiger partial charge is 0.416 e. The number of benzene rings is 3. The van der Waals surface area contributed by atoms with Gasteiger partial charge in [-0.3, -0.25) is 10.5 Å².